The Morgan fingerprint density at radius 2 is 2.29 bits per heavy atom. The van der Waals surface area contributed by atoms with Crippen LogP contribution in [0.4, 0.5) is 0 Å². The molecule has 17 heavy (non-hydrogen) atoms. The summed E-state index contributed by atoms with van der Waals surface area (Å²) in [5, 5.41) is 0. The van der Waals surface area contributed by atoms with Gasteiger partial charge in [0.1, 0.15) is 11.6 Å². The molecule has 1 atom stereocenters. The highest BCUT2D eigenvalue weighted by atomic mass is 16.1. The first-order valence-corrected chi connectivity index (χ1v) is 6.39. The molecule has 4 nitrogen and oxygen atoms in total. The Bertz CT molecular complexity index is 346. The predicted molar refractivity (Wildman–Crippen MR) is 68.7 cm³/mol. The molecule has 0 amide bonds. The lowest BCUT2D eigenvalue weighted by Crippen LogP contribution is -2.12. The Hall–Kier alpha value is -1.16. The smallest absolute Gasteiger partial charge is 0.140 e. The van der Waals surface area contributed by atoms with E-state index >= 15 is 0 Å². The molecular weight excluding hydrogens is 214 g/mol. The summed E-state index contributed by atoms with van der Waals surface area (Å²) >= 11 is 0. The van der Waals surface area contributed by atoms with Crippen LogP contribution in [0.2, 0.25) is 0 Å². The summed E-state index contributed by atoms with van der Waals surface area (Å²) in [6, 6.07) is 0. The van der Waals surface area contributed by atoms with Crippen molar-refractivity contribution in [1.82, 2.24) is 9.55 Å². The van der Waals surface area contributed by atoms with E-state index < -0.39 is 0 Å². The van der Waals surface area contributed by atoms with E-state index in [2.05, 4.69) is 18.8 Å². The molecule has 0 aliphatic heterocycles. The van der Waals surface area contributed by atoms with E-state index in [4.69, 9.17) is 5.73 Å². The van der Waals surface area contributed by atoms with Crippen LogP contribution in [0, 0.1) is 5.92 Å². The van der Waals surface area contributed by atoms with Gasteiger partial charge in [0.15, 0.2) is 0 Å². The summed E-state index contributed by atoms with van der Waals surface area (Å²) in [4.78, 5) is 16.0. The molecule has 1 rings (SSSR count). The second-order valence-electron chi connectivity index (χ2n) is 4.57. The average Bonchev–Trinajstić information content (AvgIpc) is 2.74. The fourth-order valence-electron chi connectivity index (χ4n) is 1.90. The van der Waals surface area contributed by atoms with Crippen LogP contribution < -0.4 is 5.73 Å². The van der Waals surface area contributed by atoms with Gasteiger partial charge >= 0.3 is 0 Å². The molecule has 0 bridgehead atoms. The molecule has 1 aromatic rings. The number of rotatable bonds is 8. The normalized spacial score (nSPS) is 12.6. The van der Waals surface area contributed by atoms with Crippen LogP contribution in [-0.2, 0) is 17.8 Å². The van der Waals surface area contributed by atoms with Crippen LogP contribution in [-0.4, -0.2) is 21.9 Å². The Kier molecular flexibility index (Phi) is 5.91. The van der Waals surface area contributed by atoms with Crippen molar-refractivity contribution in [1.29, 1.82) is 0 Å². The summed E-state index contributed by atoms with van der Waals surface area (Å²) in [7, 11) is 0. The lowest BCUT2D eigenvalue weighted by molar-refractivity contribution is -0.118. The summed E-state index contributed by atoms with van der Waals surface area (Å²) in [6.07, 6.45) is 6.69. The SMILES string of the molecule is CCn1ccnc1CC(=O)CCC(C)CCN. The van der Waals surface area contributed by atoms with Crippen molar-refractivity contribution in [2.45, 2.75) is 46.1 Å². The number of hydrogen-bond donors (Lipinski definition) is 1. The van der Waals surface area contributed by atoms with Crippen molar-refractivity contribution in [2.75, 3.05) is 6.54 Å². The lowest BCUT2D eigenvalue weighted by atomic mass is 9.99. The standard InChI is InChI=1S/C13H23N3O/c1-3-16-9-8-15-13(16)10-12(17)5-4-11(2)6-7-14/h8-9,11H,3-7,10,14H2,1-2H3. The molecule has 96 valence electrons. The molecule has 0 aromatic carbocycles. The van der Waals surface area contributed by atoms with Crippen LogP contribution in [0.15, 0.2) is 12.4 Å². The summed E-state index contributed by atoms with van der Waals surface area (Å²) in [5.41, 5.74) is 5.49. The third-order valence-corrected chi connectivity index (χ3v) is 3.07. The molecule has 0 spiro atoms. The molecule has 1 heterocycles. The highest BCUT2D eigenvalue weighted by molar-refractivity contribution is 5.80. The van der Waals surface area contributed by atoms with Crippen molar-refractivity contribution < 1.29 is 4.79 Å². The van der Waals surface area contributed by atoms with Crippen LogP contribution in [0.1, 0.15) is 38.9 Å². The van der Waals surface area contributed by atoms with E-state index in [1.165, 1.54) is 0 Å². The van der Waals surface area contributed by atoms with Crippen molar-refractivity contribution in [2.24, 2.45) is 11.7 Å². The zero-order valence-electron chi connectivity index (χ0n) is 10.9. The monoisotopic (exact) mass is 237 g/mol. The number of nitrogens with zero attached hydrogens (tertiary/aromatic N) is 2. The van der Waals surface area contributed by atoms with Gasteiger partial charge in [-0.3, -0.25) is 4.79 Å². The lowest BCUT2D eigenvalue weighted by Gasteiger charge is -2.09. The number of ketones is 1. The first kappa shape index (κ1) is 13.9. The second-order valence-corrected chi connectivity index (χ2v) is 4.57. The maximum Gasteiger partial charge on any atom is 0.140 e. The molecule has 0 saturated carbocycles. The minimum absolute atomic E-state index is 0.273. The molecule has 0 fully saturated rings. The number of hydrogen-bond acceptors (Lipinski definition) is 3. The van der Waals surface area contributed by atoms with Gasteiger partial charge in [0.05, 0.1) is 6.42 Å². The minimum Gasteiger partial charge on any atom is -0.335 e. The first-order valence-electron chi connectivity index (χ1n) is 6.39. The summed E-state index contributed by atoms with van der Waals surface area (Å²) in [6.45, 7) is 5.77. The second kappa shape index (κ2) is 7.22. The van der Waals surface area contributed by atoms with Gasteiger partial charge in [-0.2, -0.15) is 0 Å². The Labute approximate surface area is 103 Å². The molecule has 0 radical (unpaired) electrons. The van der Waals surface area contributed by atoms with Crippen molar-refractivity contribution in [3.63, 3.8) is 0 Å². The van der Waals surface area contributed by atoms with E-state index in [0.29, 0.717) is 25.3 Å². The maximum absolute atomic E-state index is 11.8. The van der Waals surface area contributed by atoms with Crippen LogP contribution in [0.3, 0.4) is 0 Å². The van der Waals surface area contributed by atoms with Crippen molar-refractivity contribution in [3.05, 3.63) is 18.2 Å². The van der Waals surface area contributed by atoms with Gasteiger partial charge in [0.2, 0.25) is 0 Å². The van der Waals surface area contributed by atoms with Gasteiger partial charge < -0.3 is 10.3 Å². The maximum atomic E-state index is 11.8. The number of aromatic nitrogens is 2. The highest BCUT2D eigenvalue weighted by Crippen LogP contribution is 2.11. The van der Waals surface area contributed by atoms with Gasteiger partial charge in [0, 0.05) is 25.4 Å². The largest absolute Gasteiger partial charge is 0.335 e. The summed E-state index contributed by atoms with van der Waals surface area (Å²) in [5.74, 6) is 1.69. The van der Waals surface area contributed by atoms with Gasteiger partial charge in [0.25, 0.3) is 0 Å². The topological polar surface area (TPSA) is 60.9 Å². The van der Waals surface area contributed by atoms with Gasteiger partial charge in [-0.05, 0) is 32.2 Å². The molecule has 0 saturated heterocycles. The van der Waals surface area contributed by atoms with Crippen LogP contribution in [0.5, 0.6) is 0 Å². The molecule has 4 heteroatoms. The molecule has 1 unspecified atom stereocenters. The van der Waals surface area contributed by atoms with E-state index in [9.17, 15) is 4.79 Å². The molecular formula is C13H23N3O. The van der Waals surface area contributed by atoms with Gasteiger partial charge in [-0.15, -0.1) is 0 Å². The highest BCUT2D eigenvalue weighted by Gasteiger charge is 2.10. The number of Topliss-reactive ketones (excluding diaryl/α,β-unsaturated/α-hetero) is 1. The Balaban J connectivity index is 2.34. The number of carbonyl (C=O) groups excluding carboxylic acids is 1. The zero-order valence-corrected chi connectivity index (χ0v) is 10.9. The fourth-order valence-corrected chi connectivity index (χ4v) is 1.90. The number of nitrogens with two attached hydrogens (primary N) is 1. The van der Waals surface area contributed by atoms with Gasteiger partial charge in [-0.1, -0.05) is 6.92 Å². The number of aryl methyl sites for hydroxylation is 1. The van der Waals surface area contributed by atoms with Crippen molar-refractivity contribution in [3.8, 4) is 0 Å². The quantitative estimate of drug-likeness (QED) is 0.749. The van der Waals surface area contributed by atoms with E-state index in [1.54, 1.807) is 6.20 Å². The molecule has 0 aliphatic rings. The summed E-state index contributed by atoms with van der Waals surface area (Å²) < 4.78 is 2.02. The zero-order chi connectivity index (χ0) is 12.7. The Morgan fingerprint density at radius 1 is 1.53 bits per heavy atom. The minimum atomic E-state index is 0.273. The number of carbonyl (C=O) groups is 1. The fraction of sp³-hybridized carbons (Fsp3) is 0.692. The first-order chi connectivity index (χ1) is 8.17. The third kappa shape index (κ3) is 4.69. The average molecular weight is 237 g/mol. The molecule has 1 aromatic heterocycles. The predicted octanol–water partition coefficient (Wildman–Crippen LogP) is 1.78. The van der Waals surface area contributed by atoms with E-state index in [1.807, 2.05) is 10.8 Å². The molecule has 2 N–H and O–H groups in total. The number of imidazole rings is 1. The van der Waals surface area contributed by atoms with Crippen LogP contribution >= 0.6 is 0 Å². The third-order valence-electron chi connectivity index (χ3n) is 3.07. The van der Waals surface area contributed by atoms with Crippen molar-refractivity contribution >= 4 is 5.78 Å². The van der Waals surface area contributed by atoms with Crippen LogP contribution in [0.25, 0.3) is 0 Å². The molecule has 0 aliphatic carbocycles. The van der Waals surface area contributed by atoms with E-state index in [-0.39, 0.29) is 5.78 Å². The van der Waals surface area contributed by atoms with E-state index in [0.717, 1.165) is 25.2 Å². The van der Waals surface area contributed by atoms with Gasteiger partial charge in [-0.25, -0.2) is 4.98 Å². The Morgan fingerprint density at radius 3 is 2.94 bits per heavy atom.